The number of nitrogens with zero attached hydrogens (tertiary/aromatic N) is 1. The fraction of sp³-hybridized carbons (Fsp3) is 0.538. The zero-order chi connectivity index (χ0) is 11.1. The number of likely N-dealkylation sites (tertiary alicyclic amines) is 1. The number of rotatable bonds is 1. The zero-order valence-corrected chi connectivity index (χ0v) is 9.52. The predicted molar refractivity (Wildman–Crippen MR) is 61.7 cm³/mol. The minimum Gasteiger partial charge on any atom is -0.508 e. The Kier molecular flexibility index (Phi) is 2.28. The van der Waals surface area contributed by atoms with Gasteiger partial charge < -0.3 is 9.84 Å². The van der Waals surface area contributed by atoms with Gasteiger partial charge in [-0.05, 0) is 31.0 Å². The maximum Gasteiger partial charge on any atom is 0.127 e. The molecule has 1 fully saturated rings. The molecule has 0 spiro atoms. The molecular formula is C13H17NO2. The van der Waals surface area contributed by atoms with Crippen molar-refractivity contribution in [2.45, 2.75) is 19.4 Å². The number of aromatic hydroxyl groups is 1. The van der Waals surface area contributed by atoms with Gasteiger partial charge >= 0.3 is 0 Å². The number of hydrogen-bond acceptors (Lipinski definition) is 3. The Balaban J connectivity index is 1.86. The van der Waals surface area contributed by atoms with Crippen LogP contribution in [0.3, 0.4) is 0 Å². The second-order valence-corrected chi connectivity index (χ2v) is 4.94. The van der Waals surface area contributed by atoms with E-state index in [2.05, 4.69) is 11.8 Å². The van der Waals surface area contributed by atoms with Gasteiger partial charge in [0.25, 0.3) is 0 Å². The second kappa shape index (κ2) is 3.67. The number of phenolic OH excluding ortho intramolecular Hbond substituents is 1. The van der Waals surface area contributed by atoms with Crippen molar-refractivity contribution in [2.75, 3.05) is 19.7 Å². The molecule has 2 atom stereocenters. The third-order valence-corrected chi connectivity index (χ3v) is 3.65. The summed E-state index contributed by atoms with van der Waals surface area (Å²) in [5.74, 6) is 1.93. The van der Waals surface area contributed by atoms with Crippen LogP contribution >= 0.6 is 0 Å². The number of fused-ring (bicyclic) bond motifs is 1. The van der Waals surface area contributed by atoms with Crippen LogP contribution in [0, 0.1) is 5.92 Å². The number of benzene rings is 1. The standard InChI is InChI=1S/C13H17NO2/c1-9-4-5-14(7-9)12-8-16-13-6-10(15)2-3-11(12)13/h2-3,6,9,12,15H,4-5,7-8H2,1H3. The molecule has 0 amide bonds. The molecule has 1 aromatic carbocycles. The molecule has 0 radical (unpaired) electrons. The first-order valence-corrected chi connectivity index (χ1v) is 5.94. The van der Waals surface area contributed by atoms with Gasteiger partial charge in [-0.15, -0.1) is 0 Å². The summed E-state index contributed by atoms with van der Waals surface area (Å²) in [7, 11) is 0. The summed E-state index contributed by atoms with van der Waals surface area (Å²) >= 11 is 0. The van der Waals surface area contributed by atoms with Crippen LogP contribution in [0.1, 0.15) is 24.9 Å². The van der Waals surface area contributed by atoms with E-state index >= 15 is 0 Å². The average molecular weight is 219 g/mol. The summed E-state index contributed by atoms with van der Waals surface area (Å²) in [5.41, 5.74) is 1.23. The Bertz CT molecular complexity index is 405. The lowest BCUT2D eigenvalue weighted by molar-refractivity contribution is 0.191. The van der Waals surface area contributed by atoms with Gasteiger partial charge in [0.1, 0.15) is 18.1 Å². The Morgan fingerprint density at radius 1 is 1.44 bits per heavy atom. The van der Waals surface area contributed by atoms with Crippen LogP contribution in [-0.4, -0.2) is 29.7 Å². The quantitative estimate of drug-likeness (QED) is 0.785. The molecule has 2 heterocycles. The lowest BCUT2D eigenvalue weighted by atomic mass is 10.1. The summed E-state index contributed by atoms with van der Waals surface area (Å²) in [6.07, 6.45) is 1.28. The minimum absolute atomic E-state index is 0.286. The third-order valence-electron chi connectivity index (χ3n) is 3.65. The molecule has 0 bridgehead atoms. The van der Waals surface area contributed by atoms with Crippen molar-refractivity contribution in [3.8, 4) is 11.5 Å². The van der Waals surface area contributed by atoms with Crippen molar-refractivity contribution < 1.29 is 9.84 Å². The second-order valence-electron chi connectivity index (χ2n) is 4.94. The van der Waals surface area contributed by atoms with Crippen LogP contribution in [0.5, 0.6) is 11.5 Å². The molecule has 0 saturated carbocycles. The van der Waals surface area contributed by atoms with Crippen molar-refractivity contribution in [1.29, 1.82) is 0 Å². The number of ether oxygens (including phenoxy) is 1. The molecule has 3 heteroatoms. The normalized spacial score (nSPS) is 29.1. The molecule has 3 nitrogen and oxygen atoms in total. The number of phenols is 1. The molecule has 1 saturated heterocycles. The maximum absolute atomic E-state index is 9.40. The highest BCUT2D eigenvalue weighted by Crippen LogP contribution is 2.39. The van der Waals surface area contributed by atoms with Crippen LogP contribution in [0.4, 0.5) is 0 Å². The van der Waals surface area contributed by atoms with E-state index in [0.29, 0.717) is 6.04 Å². The molecule has 1 aromatic rings. The highest BCUT2D eigenvalue weighted by atomic mass is 16.5. The van der Waals surface area contributed by atoms with E-state index in [-0.39, 0.29) is 5.75 Å². The fourth-order valence-corrected chi connectivity index (χ4v) is 2.74. The van der Waals surface area contributed by atoms with Crippen molar-refractivity contribution in [1.82, 2.24) is 4.90 Å². The fourth-order valence-electron chi connectivity index (χ4n) is 2.74. The van der Waals surface area contributed by atoms with Gasteiger partial charge in [-0.2, -0.15) is 0 Å². The Labute approximate surface area is 95.6 Å². The molecule has 2 aliphatic heterocycles. The van der Waals surface area contributed by atoms with Gasteiger partial charge in [0, 0.05) is 18.2 Å². The lowest BCUT2D eigenvalue weighted by Gasteiger charge is -2.22. The molecule has 16 heavy (non-hydrogen) atoms. The van der Waals surface area contributed by atoms with Crippen LogP contribution < -0.4 is 4.74 Å². The van der Waals surface area contributed by atoms with Crippen molar-refractivity contribution in [2.24, 2.45) is 5.92 Å². The summed E-state index contributed by atoms with van der Waals surface area (Å²) < 4.78 is 5.64. The van der Waals surface area contributed by atoms with Crippen LogP contribution in [-0.2, 0) is 0 Å². The molecule has 2 unspecified atom stereocenters. The Hall–Kier alpha value is -1.22. The average Bonchev–Trinajstić information content (AvgIpc) is 2.83. The lowest BCUT2D eigenvalue weighted by Crippen LogP contribution is -2.27. The summed E-state index contributed by atoms with van der Waals surface area (Å²) in [6, 6.07) is 5.85. The molecular weight excluding hydrogens is 202 g/mol. The van der Waals surface area contributed by atoms with E-state index in [0.717, 1.165) is 31.4 Å². The first-order valence-electron chi connectivity index (χ1n) is 5.94. The van der Waals surface area contributed by atoms with Gasteiger partial charge in [0.2, 0.25) is 0 Å². The van der Waals surface area contributed by atoms with Crippen LogP contribution in [0.25, 0.3) is 0 Å². The SMILES string of the molecule is CC1CCN(C2COc3cc(O)ccc32)C1. The molecule has 0 aliphatic carbocycles. The van der Waals surface area contributed by atoms with Crippen LogP contribution in [0.15, 0.2) is 18.2 Å². The highest BCUT2D eigenvalue weighted by molar-refractivity contribution is 5.44. The largest absolute Gasteiger partial charge is 0.508 e. The predicted octanol–water partition coefficient (Wildman–Crippen LogP) is 2.17. The van der Waals surface area contributed by atoms with Gasteiger partial charge in [0.05, 0.1) is 6.04 Å². The monoisotopic (exact) mass is 219 g/mol. The van der Waals surface area contributed by atoms with Gasteiger partial charge in [-0.25, -0.2) is 0 Å². The van der Waals surface area contributed by atoms with Gasteiger partial charge in [-0.3, -0.25) is 4.90 Å². The van der Waals surface area contributed by atoms with E-state index in [1.54, 1.807) is 12.1 Å². The van der Waals surface area contributed by atoms with E-state index < -0.39 is 0 Å². The molecule has 3 rings (SSSR count). The van der Waals surface area contributed by atoms with E-state index in [1.165, 1.54) is 12.0 Å². The summed E-state index contributed by atoms with van der Waals surface area (Å²) in [6.45, 7) is 5.35. The van der Waals surface area contributed by atoms with Crippen molar-refractivity contribution >= 4 is 0 Å². The summed E-state index contributed by atoms with van der Waals surface area (Å²) in [5, 5.41) is 9.40. The first-order chi connectivity index (χ1) is 7.74. The van der Waals surface area contributed by atoms with E-state index in [1.807, 2.05) is 6.07 Å². The zero-order valence-electron chi connectivity index (χ0n) is 9.52. The topological polar surface area (TPSA) is 32.7 Å². The molecule has 86 valence electrons. The van der Waals surface area contributed by atoms with Crippen molar-refractivity contribution in [3.63, 3.8) is 0 Å². The van der Waals surface area contributed by atoms with E-state index in [4.69, 9.17) is 4.74 Å². The van der Waals surface area contributed by atoms with Crippen LogP contribution in [0.2, 0.25) is 0 Å². The molecule has 0 aromatic heterocycles. The minimum atomic E-state index is 0.286. The Morgan fingerprint density at radius 3 is 3.06 bits per heavy atom. The smallest absolute Gasteiger partial charge is 0.127 e. The summed E-state index contributed by atoms with van der Waals surface area (Å²) in [4.78, 5) is 2.49. The van der Waals surface area contributed by atoms with Gasteiger partial charge in [-0.1, -0.05) is 6.92 Å². The Morgan fingerprint density at radius 2 is 2.31 bits per heavy atom. The highest BCUT2D eigenvalue weighted by Gasteiger charge is 2.33. The third kappa shape index (κ3) is 1.55. The van der Waals surface area contributed by atoms with Crippen molar-refractivity contribution in [3.05, 3.63) is 23.8 Å². The number of hydrogen-bond donors (Lipinski definition) is 1. The first kappa shape index (κ1) is 9.97. The van der Waals surface area contributed by atoms with E-state index in [9.17, 15) is 5.11 Å². The van der Waals surface area contributed by atoms with Gasteiger partial charge in [0.15, 0.2) is 0 Å². The molecule has 2 aliphatic rings. The maximum atomic E-state index is 9.40. The molecule has 1 N–H and O–H groups in total.